The summed E-state index contributed by atoms with van der Waals surface area (Å²) >= 11 is 0. The molecule has 3 heterocycles. The van der Waals surface area contributed by atoms with E-state index in [1.807, 2.05) is 24.3 Å². The van der Waals surface area contributed by atoms with Crippen LogP contribution in [0.4, 0.5) is 0 Å². The topological polar surface area (TPSA) is 69.6 Å². The van der Waals surface area contributed by atoms with Crippen molar-refractivity contribution in [3.8, 4) is 0 Å². The fourth-order valence-corrected chi connectivity index (χ4v) is 3.26. The van der Waals surface area contributed by atoms with Gasteiger partial charge in [-0.2, -0.15) is 0 Å². The third-order valence-corrected chi connectivity index (χ3v) is 4.65. The van der Waals surface area contributed by atoms with Crippen molar-refractivity contribution < 1.29 is 14.0 Å². The molecule has 128 valence electrons. The van der Waals surface area contributed by atoms with Crippen molar-refractivity contribution in [3.05, 3.63) is 60.2 Å². The van der Waals surface area contributed by atoms with Gasteiger partial charge >= 0.3 is 0 Å². The van der Waals surface area contributed by atoms with E-state index in [-0.39, 0.29) is 11.7 Å². The van der Waals surface area contributed by atoms with Crippen LogP contribution in [0.25, 0.3) is 10.9 Å². The van der Waals surface area contributed by atoms with Crippen LogP contribution in [0.1, 0.15) is 20.9 Å². The molecule has 1 aromatic carbocycles. The molecule has 3 aromatic rings. The van der Waals surface area contributed by atoms with E-state index in [9.17, 15) is 9.59 Å². The van der Waals surface area contributed by atoms with Gasteiger partial charge in [-0.25, -0.2) is 0 Å². The lowest BCUT2D eigenvalue weighted by Gasteiger charge is -2.33. The summed E-state index contributed by atoms with van der Waals surface area (Å²) < 4.78 is 5.17. The first-order chi connectivity index (χ1) is 12.2. The van der Waals surface area contributed by atoms with Crippen molar-refractivity contribution in [1.82, 2.24) is 14.8 Å². The minimum Gasteiger partial charge on any atom is -0.459 e. The molecular weight excluding hydrogens is 318 g/mol. The molecule has 0 saturated carbocycles. The van der Waals surface area contributed by atoms with Gasteiger partial charge in [0.05, 0.1) is 12.8 Å². The predicted molar refractivity (Wildman–Crippen MR) is 93.7 cm³/mol. The summed E-state index contributed by atoms with van der Waals surface area (Å²) in [6.07, 6.45) is 3.28. The lowest BCUT2D eigenvalue weighted by atomic mass is 10.1. The van der Waals surface area contributed by atoms with Crippen molar-refractivity contribution in [2.24, 2.45) is 0 Å². The second-order valence-electron chi connectivity index (χ2n) is 6.22. The molecule has 6 nitrogen and oxygen atoms in total. The molecule has 0 atom stereocenters. The third kappa shape index (κ3) is 3.08. The zero-order valence-electron chi connectivity index (χ0n) is 13.8. The van der Waals surface area contributed by atoms with Crippen LogP contribution in [0.2, 0.25) is 0 Å². The maximum atomic E-state index is 12.6. The van der Waals surface area contributed by atoms with Crippen molar-refractivity contribution >= 4 is 22.6 Å². The number of H-pyrrole nitrogens is 1. The number of hydrogen-bond donors (Lipinski definition) is 1. The van der Waals surface area contributed by atoms with Crippen LogP contribution in [0.15, 0.2) is 53.3 Å². The number of amides is 1. The molecule has 1 aliphatic heterocycles. The van der Waals surface area contributed by atoms with Gasteiger partial charge in [0.25, 0.3) is 5.91 Å². The summed E-state index contributed by atoms with van der Waals surface area (Å²) in [5.41, 5.74) is 1.70. The molecule has 1 aliphatic rings. The normalized spacial score (nSPS) is 15.6. The molecule has 1 saturated heterocycles. The number of aromatic amines is 1. The third-order valence-electron chi connectivity index (χ3n) is 4.65. The van der Waals surface area contributed by atoms with Gasteiger partial charge in [0, 0.05) is 48.8 Å². The Bertz CT molecular complexity index is 890. The molecule has 0 aliphatic carbocycles. The molecule has 1 fully saturated rings. The van der Waals surface area contributed by atoms with Gasteiger partial charge in [-0.05, 0) is 18.2 Å². The number of ketones is 1. The number of hydrogen-bond acceptors (Lipinski definition) is 4. The zero-order valence-corrected chi connectivity index (χ0v) is 13.8. The molecule has 1 amide bonds. The van der Waals surface area contributed by atoms with Crippen LogP contribution in [0.5, 0.6) is 0 Å². The second-order valence-corrected chi connectivity index (χ2v) is 6.22. The monoisotopic (exact) mass is 337 g/mol. The fraction of sp³-hybridized carbons (Fsp3) is 0.263. The summed E-state index contributed by atoms with van der Waals surface area (Å²) in [7, 11) is 0. The summed E-state index contributed by atoms with van der Waals surface area (Å²) in [5, 5.41) is 0.958. The highest BCUT2D eigenvalue weighted by molar-refractivity contribution is 6.08. The number of piperazine rings is 1. The van der Waals surface area contributed by atoms with Gasteiger partial charge in [0.2, 0.25) is 0 Å². The summed E-state index contributed by atoms with van der Waals surface area (Å²) in [6, 6.07) is 11.2. The SMILES string of the molecule is O=C(CN1CCN(C(=O)c2ccco2)CC1)c1c[nH]c2ccccc12. The highest BCUT2D eigenvalue weighted by atomic mass is 16.3. The Hall–Kier alpha value is -2.86. The van der Waals surface area contributed by atoms with E-state index in [1.54, 1.807) is 23.2 Å². The number of carbonyl (C=O) groups excluding carboxylic acids is 2. The lowest BCUT2D eigenvalue weighted by molar-refractivity contribution is 0.0596. The van der Waals surface area contributed by atoms with Crippen LogP contribution in [-0.2, 0) is 0 Å². The second kappa shape index (κ2) is 6.57. The number of furan rings is 1. The Balaban J connectivity index is 1.37. The number of Topliss-reactive ketones (excluding diaryl/α,β-unsaturated/α-hetero) is 1. The maximum Gasteiger partial charge on any atom is 0.289 e. The van der Waals surface area contributed by atoms with Gasteiger partial charge < -0.3 is 14.3 Å². The van der Waals surface area contributed by atoms with E-state index < -0.39 is 0 Å². The van der Waals surface area contributed by atoms with Crippen molar-refractivity contribution in [2.75, 3.05) is 32.7 Å². The Morgan fingerprint density at radius 3 is 2.60 bits per heavy atom. The highest BCUT2D eigenvalue weighted by Gasteiger charge is 2.25. The Kier molecular flexibility index (Phi) is 4.11. The van der Waals surface area contributed by atoms with Gasteiger partial charge in [-0.15, -0.1) is 0 Å². The molecule has 2 aromatic heterocycles. The largest absolute Gasteiger partial charge is 0.459 e. The highest BCUT2D eigenvalue weighted by Crippen LogP contribution is 2.19. The van der Waals surface area contributed by atoms with E-state index in [2.05, 4.69) is 9.88 Å². The summed E-state index contributed by atoms with van der Waals surface area (Å²) in [5.74, 6) is 0.374. The number of aromatic nitrogens is 1. The van der Waals surface area contributed by atoms with Crippen LogP contribution >= 0.6 is 0 Å². The molecule has 0 radical (unpaired) electrons. The minimum atomic E-state index is -0.0902. The molecule has 6 heteroatoms. The number of para-hydroxylation sites is 1. The number of nitrogens with zero attached hydrogens (tertiary/aromatic N) is 2. The average Bonchev–Trinajstić information content (AvgIpc) is 3.31. The standard InChI is InChI=1S/C19H19N3O3/c23-17(15-12-20-16-5-2-1-4-14(15)16)13-21-7-9-22(10-8-21)19(24)18-6-3-11-25-18/h1-6,11-12,20H,7-10,13H2. The van der Waals surface area contributed by atoms with Gasteiger partial charge in [0.15, 0.2) is 11.5 Å². The number of fused-ring (bicyclic) bond motifs is 1. The number of benzene rings is 1. The van der Waals surface area contributed by atoms with Crippen LogP contribution < -0.4 is 0 Å². The van der Waals surface area contributed by atoms with Crippen molar-refractivity contribution in [1.29, 1.82) is 0 Å². The molecule has 4 rings (SSSR count). The van der Waals surface area contributed by atoms with E-state index in [1.165, 1.54) is 6.26 Å². The smallest absolute Gasteiger partial charge is 0.289 e. The van der Waals surface area contributed by atoms with E-state index in [4.69, 9.17) is 4.42 Å². The van der Waals surface area contributed by atoms with E-state index in [0.717, 1.165) is 16.5 Å². The summed E-state index contributed by atoms with van der Waals surface area (Å²) in [6.45, 7) is 2.92. The Morgan fingerprint density at radius 1 is 1.04 bits per heavy atom. The quantitative estimate of drug-likeness (QED) is 0.742. The van der Waals surface area contributed by atoms with Gasteiger partial charge in [0.1, 0.15) is 0 Å². The minimum absolute atomic E-state index is 0.0902. The Labute approximate surface area is 145 Å². The maximum absolute atomic E-state index is 12.6. The number of carbonyl (C=O) groups is 2. The van der Waals surface area contributed by atoms with Gasteiger partial charge in [-0.1, -0.05) is 18.2 Å². The van der Waals surface area contributed by atoms with Crippen molar-refractivity contribution in [2.45, 2.75) is 0 Å². The van der Waals surface area contributed by atoms with E-state index >= 15 is 0 Å². The molecule has 0 unspecified atom stereocenters. The zero-order chi connectivity index (χ0) is 17.2. The van der Waals surface area contributed by atoms with Crippen LogP contribution in [0, 0.1) is 0 Å². The molecular formula is C19H19N3O3. The number of nitrogens with one attached hydrogen (secondary N) is 1. The predicted octanol–water partition coefficient (Wildman–Crippen LogP) is 2.40. The first kappa shape index (κ1) is 15.7. The van der Waals surface area contributed by atoms with Crippen molar-refractivity contribution in [3.63, 3.8) is 0 Å². The average molecular weight is 337 g/mol. The summed E-state index contributed by atoms with van der Waals surface area (Å²) in [4.78, 5) is 31.9. The number of rotatable bonds is 4. The van der Waals surface area contributed by atoms with E-state index in [0.29, 0.717) is 38.5 Å². The van der Waals surface area contributed by atoms with Gasteiger partial charge in [-0.3, -0.25) is 14.5 Å². The Morgan fingerprint density at radius 2 is 1.84 bits per heavy atom. The molecule has 25 heavy (non-hydrogen) atoms. The molecule has 0 spiro atoms. The molecule has 0 bridgehead atoms. The van der Waals surface area contributed by atoms with Crippen LogP contribution in [-0.4, -0.2) is 59.2 Å². The fourth-order valence-electron chi connectivity index (χ4n) is 3.26. The first-order valence-corrected chi connectivity index (χ1v) is 8.37. The van der Waals surface area contributed by atoms with Crippen LogP contribution in [0.3, 0.4) is 0 Å². The molecule has 1 N–H and O–H groups in total. The lowest BCUT2D eigenvalue weighted by Crippen LogP contribution is -2.49. The first-order valence-electron chi connectivity index (χ1n) is 8.37.